The maximum Gasteiger partial charge on any atom is 0.0526 e. The smallest absolute Gasteiger partial charge is 0.0526 e. The monoisotopic (exact) mass is 223 g/mol. The van der Waals surface area contributed by atoms with Crippen LogP contribution in [0.5, 0.6) is 0 Å². The van der Waals surface area contributed by atoms with Crippen LogP contribution >= 0.6 is 11.8 Å². The number of para-hydroxylation sites is 2. The molecule has 0 amide bonds. The minimum atomic E-state index is 0. The van der Waals surface area contributed by atoms with E-state index in [9.17, 15) is 0 Å². The fraction of sp³-hybridized carbons (Fsp3) is 0. The summed E-state index contributed by atoms with van der Waals surface area (Å²) >= 11 is 1.82. The maximum atomic E-state index is 3.42. The number of fused-ring (bicyclic) bond motifs is 2. The van der Waals surface area contributed by atoms with Crippen molar-refractivity contribution >= 4 is 52.7 Å². The second-order valence-corrected chi connectivity index (χ2v) is 4.30. The van der Waals surface area contributed by atoms with Crippen LogP contribution in [0.1, 0.15) is 0 Å². The fourth-order valence-electron chi connectivity index (χ4n) is 1.58. The Labute approximate surface area is 116 Å². The van der Waals surface area contributed by atoms with Crippen LogP contribution in [0, 0.1) is 0 Å². The average Bonchev–Trinajstić information content (AvgIpc) is 2.26. The van der Waals surface area contributed by atoms with E-state index in [4.69, 9.17) is 0 Å². The van der Waals surface area contributed by atoms with Crippen LogP contribution < -0.4 is 5.32 Å². The summed E-state index contributed by atoms with van der Waals surface area (Å²) in [5.74, 6) is 0. The summed E-state index contributed by atoms with van der Waals surface area (Å²) in [6.07, 6.45) is 0. The minimum absolute atomic E-state index is 0. The summed E-state index contributed by atoms with van der Waals surface area (Å²) in [4.78, 5) is 2.59. The first kappa shape index (κ1) is 11.1. The summed E-state index contributed by atoms with van der Waals surface area (Å²) in [6, 6.07) is 16.8. The van der Waals surface area contributed by atoms with Gasteiger partial charge in [-0.05, 0) is 24.3 Å². The third-order valence-corrected chi connectivity index (χ3v) is 3.42. The van der Waals surface area contributed by atoms with Crippen LogP contribution in [0.2, 0.25) is 0 Å². The Hall–Kier alpha value is -0.410. The van der Waals surface area contributed by atoms with Crippen molar-refractivity contribution in [3.8, 4) is 0 Å². The molecule has 2 aromatic carbocycles. The Morgan fingerprint density at radius 3 is 1.73 bits per heavy atom. The standard InChI is InChI=1S/C12H9NS.Na.H/c1-3-7-11-9(5-1)13-10-6-2-4-8-12(10)14-11;;/h1-8,13H;;. The van der Waals surface area contributed by atoms with Crippen LogP contribution in [-0.2, 0) is 0 Å². The van der Waals surface area contributed by atoms with Crippen molar-refractivity contribution in [2.24, 2.45) is 0 Å². The maximum absolute atomic E-state index is 3.42. The first-order valence-corrected chi connectivity index (χ1v) is 5.38. The molecule has 0 unspecified atom stereocenters. The van der Waals surface area contributed by atoms with Gasteiger partial charge in [0.15, 0.2) is 0 Å². The molecule has 70 valence electrons. The molecule has 0 saturated carbocycles. The number of nitrogens with one attached hydrogen (secondary N) is 1. The van der Waals surface area contributed by atoms with Crippen LogP contribution in [0.3, 0.4) is 0 Å². The van der Waals surface area contributed by atoms with Crippen molar-refractivity contribution in [1.82, 2.24) is 0 Å². The quantitative estimate of drug-likeness (QED) is 0.587. The van der Waals surface area contributed by atoms with E-state index in [2.05, 4.69) is 53.8 Å². The Kier molecular flexibility index (Phi) is 3.42. The van der Waals surface area contributed by atoms with Crippen LogP contribution in [-0.4, -0.2) is 29.6 Å². The van der Waals surface area contributed by atoms with E-state index in [-0.39, 0.29) is 29.6 Å². The predicted molar refractivity (Wildman–Crippen MR) is 67.4 cm³/mol. The van der Waals surface area contributed by atoms with Crippen molar-refractivity contribution in [3.05, 3.63) is 48.5 Å². The molecule has 0 fully saturated rings. The number of hydrogen-bond donors (Lipinski definition) is 1. The summed E-state index contributed by atoms with van der Waals surface area (Å²) in [5, 5.41) is 3.42. The second-order valence-electron chi connectivity index (χ2n) is 3.22. The Balaban J connectivity index is 0.000000853. The molecule has 3 rings (SSSR count). The first-order chi connectivity index (χ1) is 6.93. The molecule has 1 nitrogen and oxygen atoms in total. The van der Waals surface area contributed by atoms with Crippen LogP contribution in [0.25, 0.3) is 0 Å². The third kappa shape index (κ3) is 2.08. The van der Waals surface area contributed by atoms with Gasteiger partial charge in [0.05, 0.1) is 11.4 Å². The van der Waals surface area contributed by atoms with Gasteiger partial charge in [-0.3, -0.25) is 0 Å². The van der Waals surface area contributed by atoms with Crippen molar-refractivity contribution in [3.63, 3.8) is 0 Å². The zero-order valence-electron chi connectivity index (χ0n) is 7.53. The van der Waals surface area contributed by atoms with Gasteiger partial charge in [-0.25, -0.2) is 0 Å². The van der Waals surface area contributed by atoms with Gasteiger partial charge in [0, 0.05) is 9.79 Å². The van der Waals surface area contributed by atoms with Gasteiger partial charge >= 0.3 is 29.6 Å². The Morgan fingerprint density at radius 1 is 0.733 bits per heavy atom. The van der Waals surface area contributed by atoms with Crippen LogP contribution in [0.4, 0.5) is 11.4 Å². The molecule has 1 aliphatic heterocycles. The van der Waals surface area contributed by atoms with Crippen molar-refractivity contribution < 1.29 is 0 Å². The molecule has 3 heteroatoms. The first-order valence-electron chi connectivity index (χ1n) is 4.56. The van der Waals surface area contributed by atoms with E-state index in [1.54, 1.807) is 0 Å². The van der Waals surface area contributed by atoms with E-state index in [1.807, 2.05) is 11.8 Å². The van der Waals surface area contributed by atoms with Gasteiger partial charge in [0.25, 0.3) is 0 Å². The number of benzene rings is 2. The van der Waals surface area contributed by atoms with Gasteiger partial charge < -0.3 is 5.32 Å². The van der Waals surface area contributed by atoms with Crippen molar-refractivity contribution in [2.75, 3.05) is 5.32 Å². The molecule has 2 aromatic rings. The molecular weight excluding hydrogens is 213 g/mol. The van der Waals surface area contributed by atoms with E-state index in [1.165, 1.54) is 21.2 Å². The molecule has 1 heterocycles. The Morgan fingerprint density at radius 2 is 1.20 bits per heavy atom. The number of anilines is 2. The third-order valence-electron chi connectivity index (χ3n) is 2.26. The topological polar surface area (TPSA) is 12.0 Å². The van der Waals surface area contributed by atoms with Crippen molar-refractivity contribution in [2.45, 2.75) is 9.79 Å². The average molecular weight is 223 g/mol. The van der Waals surface area contributed by atoms with Gasteiger partial charge in [-0.1, -0.05) is 36.0 Å². The largest absolute Gasteiger partial charge is 0.354 e. The van der Waals surface area contributed by atoms with Gasteiger partial charge in [-0.15, -0.1) is 0 Å². The van der Waals surface area contributed by atoms with E-state index < -0.39 is 0 Å². The summed E-state index contributed by atoms with van der Waals surface area (Å²) in [5.41, 5.74) is 2.41. The molecule has 0 atom stereocenters. The summed E-state index contributed by atoms with van der Waals surface area (Å²) in [6.45, 7) is 0. The molecule has 1 N–H and O–H groups in total. The number of rotatable bonds is 0. The molecule has 0 bridgehead atoms. The molecule has 0 spiro atoms. The van der Waals surface area contributed by atoms with E-state index >= 15 is 0 Å². The minimum Gasteiger partial charge on any atom is -0.354 e. The van der Waals surface area contributed by atoms with E-state index in [0.29, 0.717) is 0 Å². The summed E-state index contributed by atoms with van der Waals surface area (Å²) in [7, 11) is 0. The molecule has 0 aromatic heterocycles. The van der Waals surface area contributed by atoms with Gasteiger partial charge in [-0.2, -0.15) is 0 Å². The molecule has 0 radical (unpaired) electrons. The molecule has 15 heavy (non-hydrogen) atoms. The predicted octanol–water partition coefficient (Wildman–Crippen LogP) is 3.25. The zero-order chi connectivity index (χ0) is 9.38. The van der Waals surface area contributed by atoms with Crippen LogP contribution in [0.15, 0.2) is 58.3 Å². The number of hydrogen-bond acceptors (Lipinski definition) is 2. The van der Waals surface area contributed by atoms with Gasteiger partial charge in [0.1, 0.15) is 0 Å². The molecule has 1 aliphatic rings. The van der Waals surface area contributed by atoms with E-state index in [0.717, 1.165) is 0 Å². The fourth-order valence-corrected chi connectivity index (χ4v) is 2.57. The second kappa shape index (κ2) is 4.62. The molecular formula is C12H10NNaS. The SMILES string of the molecule is [NaH].c1ccc2c(c1)Nc1ccccc1S2. The zero-order valence-corrected chi connectivity index (χ0v) is 8.34. The van der Waals surface area contributed by atoms with Gasteiger partial charge in [0.2, 0.25) is 0 Å². The molecule has 0 saturated heterocycles. The normalized spacial score (nSPS) is 11.7. The summed E-state index contributed by atoms with van der Waals surface area (Å²) < 4.78 is 0. The Bertz CT molecular complexity index is 397. The molecule has 0 aliphatic carbocycles. The van der Waals surface area contributed by atoms with Crippen molar-refractivity contribution in [1.29, 1.82) is 0 Å².